The first kappa shape index (κ1) is 13.6. The highest BCUT2D eigenvalue weighted by Gasteiger charge is 2.23. The number of aromatic nitrogens is 4. The van der Waals surface area contributed by atoms with Gasteiger partial charge in [-0.25, -0.2) is 0 Å². The third-order valence-corrected chi connectivity index (χ3v) is 3.94. The molecule has 1 aromatic heterocycles. The summed E-state index contributed by atoms with van der Waals surface area (Å²) in [4.78, 5) is 12.4. The van der Waals surface area contributed by atoms with Crippen LogP contribution in [0.4, 0.5) is 5.69 Å². The maximum absolute atomic E-state index is 12.4. The summed E-state index contributed by atoms with van der Waals surface area (Å²) in [6.45, 7) is 0. The van der Waals surface area contributed by atoms with Crippen molar-refractivity contribution >= 4 is 11.6 Å². The number of amides is 1. The average molecular weight is 305 g/mol. The lowest BCUT2D eigenvalue weighted by Crippen LogP contribution is -2.12. The Morgan fingerprint density at radius 1 is 1.13 bits per heavy atom. The number of benzene rings is 2. The van der Waals surface area contributed by atoms with E-state index in [1.807, 2.05) is 42.5 Å². The molecule has 6 nitrogen and oxygen atoms in total. The van der Waals surface area contributed by atoms with Crippen LogP contribution in [0.15, 0.2) is 48.5 Å². The van der Waals surface area contributed by atoms with E-state index in [2.05, 4.69) is 32.0 Å². The molecule has 0 radical (unpaired) electrons. The molecule has 2 aromatic carbocycles. The van der Waals surface area contributed by atoms with Crippen molar-refractivity contribution in [1.29, 1.82) is 0 Å². The van der Waals surface area contributed by atoms with Gasteiger partial charge in [0.25, 0.3) is 5.91 Å². The van der Waals surface area contributed by atoms with Crippen molar-refractivity contribution in [2.75, 3.05) is 5.32 Å². The van der Waals surface area contributed by atoms with E-state index in [9.17, 15) is 4.79 Å². The minimum atomic E-state index is -0.0974. The largest absolute Gasteiger partial charge is 0.322 e. The molecule has 114 valence electrons. The van der Waals surface area contributed by atoms with Gasteiger partial charge in [0.15, 0.2) is 0 Å². The van der Waals surface area contributed by atoms with Crippen LogP contribution >= 0.6 is 0 Å². The first-order valence-corrected chi connectivity index (χ1v) is 7.55. The maximum Gasteiger partial charge on any atom is 0.255 e. The van der Waals surface area contributed by atoms with E-state index < -0.39 is 0 Å². The number of anilines is 1. The summed E-state index contributed by atoms with van der Waals surface area (Å²) >= 11 is 0. The van der Waals surface area contributed by atoms with E-state index in [4.69, 9.17) is 0 Å². The zero-order valence-corrected chi connectivity index (χ0v) is 12.4. The monoisotopic (exact) mass is 305 g/mol. The summed E-state index contributed by atoms with van der Waals surface area (Å²) in [6, 6.07) is 15.2. The van der Waals surface area contributed by atoms with Gasteiger partial charge in [0.05, 0.1) is 0 Å². The van der Waals surface area contributed by atoms with Crippen molar-refractivity contribution in [3.63, 3.8) is 0 Å². The fourth-order valence-electron chi connectivity index (χ4n) is 2.54. The Morgan fingerprint density at radius 2 is 1.96 bits per heavy atom. The minimum Gasteiger partial charge on any atom is -0.322 e. The fourth-order valence-corrected chi connectivity index (χ4v) is 2.54. The summed E-state index contributed by atoms with van der Waals surface area (Å²) in [5, 5.41) is 16.7. The van der Waals surface area contributed by atoms with Crippen molar-refractivity contribution in [3.05, 3.63) is 59.7 Å². The molecule has 0 unspecified atom stereocenters. The summed E-state index contributed by atoms with van der Waals surface area (Å²) in [5.41, 5.74) is 3.52. The molecule has 3 aromatic rings. The van der Waals surface area contributed by atoms with Crippen molar-refractivity contribution < 1.29 is 4.79 Å². The molecule has 4 rings (SSSR count). The molecule has 1 saturated carbocycles. The van der Waals surface area contributed by atoms with Gasteiger partial charge in [-0.05, 0) is 65.9 Å². The van der Waals surface area contributed by atoms with Crippen LogP contribution in [-0.4, -0.2) is 26.5 Å². The van der Waals surface area contributed by atoms with Gasteiger partial charge in [0.2, 0.25) is 5.82 Å². The van der Waals surface area contributed by atoms with Crippen molar-refractivity contribution in [1.82, 2.24) is 20.6 Å². The first-order chi connectivity index (χ1) is 11.3. The summed E-state index contributed by atoms with van der Waals surface area (Å²) in [6.07, 6.45) is 2.45. The highest BCUT2D eigenvalue weighted by molar-refractivity contribution is 6.04. The molecule has 0 spiro atoms. The number of hydrogen-bond donors (Lipinski definition) is 2. The number of nitrogens with zero attached hydrogens (tertiary/aromatic N) is 3. The molecule has 0 bridgehead atoms. The minimum absolute atomic E-state index is 0.0974. The second kappa shape index (κ2) is 5.64. The number of H-pyrrole nitrogens is 1. The number of carbonyl (C=O) groups is 1. The number of carbonyl (C=O) groups excluding carboxylic acids is 1. The van der Waals surface area contributed by atoms with Crippen LogP contribution in [0.2, 0.25) is 0 Å². The smallest absolute Gasteiger partial charge is 0.255 e. The molecule has 0 aliphatic heterocycles. The molecule has 1 heterocycles. The molecule has 0 atom stereocenters. The van der Waals surface area contributed by atoms with Gasteiger partial charge < -0.3 is 5.32 Å². The predicted octanol–water partition coefficient (Wildman–Crippen LogP) is 3.00. The van der Waals surface area contributed by atoms with Gasteiger partial charge in [-0.2, -0.15) is 5.21 Å². The second-order valence-corrected chi connectivity index (χ2v) is 5.67. The maximum atomic E-state index is 12.4. The third kappa shape index (κ3) is 2.96. The molecule has 6 heteroatoms. The lowest BCUT2D eigenvalue weighted by Gasteiger charge is -2.07. The van der Waals surface area contributed by atoms with Gasteiger partial charge in [-0.15, -0.1) is 10.2 Å². The second-order valence-electron chi connectivity index (χ2n) is 5.67. The van der Waals surface area contributed by atoms with Crippen LogP contribution < -0.4 is 5.32 Å². The Morgan fingerprint density at radius 3 is 2.65 bits per heavy atom. The zero-order valence-electron chi connectivity index (χ0n) is 12.4. The summed E-state index contributed by atoms with van der Waals surface area (Å²) in [5.74, 6) is 1.07. The number of rotatable bonds is 4. The Kier molecular flexibility index (Phi) is 3.34. The van der Waals surface area contributed by atoms with E-state index in [1.54, 1.807) is 0 Å². The average Bonchev–Trinajstić information content (AvgIpc) is 3.30. The van der Waals surface area contributed by atoms with Crippen LogP contribution in [0.1, 0.15) is 34.7 Å². The molecule has 1 fully saturated rings. The number of hydrogen-bond acceptors (Lipinski definition) is 4. The Balaban J connectivity index is 1.49. The number of nitrogens with one attached hydrogen (secondary N) is 2. The molecule has 2 N–H and O–H groups in total. The number of tetrazole rings is 1. The highest BCUT2D eigenvalue weighted by Crippen LogP contribution is 2.40. The lowest BCUT2D eigenvalue weighted by molar-refractivity contribution is 0.102. The number of aromatic amines is 1. The Bertz CT molecular complexity index is 822. The van der Waals surface area contributed by atoms with Crippen molar-refractivity contribution in [3.8, 4) is 11.4 Å². The van der Waals surface area contributed by atoms with E-state index in [0.717, 1.165) is 11.3 Å². The highest BCUT2D eigenvalue weighted by atomic mass is 16.1. The van der Waals surface area contributed by atoms with Crippen molar-refractivity contribution in [2.45, 2.75) is 18.8 Å². The molecular formula is C17H15N5O. The normalized spacial score (nSPS) is 13.7. The van der Waals surface area contributed by atoms with Gasteiger partial charge >= 0.3 is 0 Å². The predicted molar refractivity (Wildman–Crippen MR) is 86.0 cm³/mol. The molecule has 23 heavy (non-hydrogen) atoms. The van der Waals surface area contributed by atoms with E-state index in [-0.39, 0.29) is 5.91 Å². The van der Waals surface area contributed by atoms with Crippen LogP contribution in [0.3, 0.4) is 0 Å². The van der Waals surface area contributed by atoms with E-state index in [0.29, 0.717) is 17.3 Å². The molecule has 0 saturated heterocycles. The van der Waals surface area contributed by atoms with Gasteiger partial charge in [-0.1, -0.05) is 12.1 Å². The Labute approximate surface area is 132 Å². The van der Waals surface area contributed by atoms with Crippen LogP contribution in [-0.2, 0) is 0 Å². The quantitative estimate of drug-likeness (QED) is 0.776. The van der Waals surface area contributed by atoms with E-state index >= 15 is 0 Å². The third-order valence-electron chi connectivity index (χ3n) is 3.94. The zero-order chi connectivity index (χ0) is 15.6. The van der Waals surface area contributed by atoms with Crippen LogP contribution in [0.25, 0.3) is 11.4 Å². The molecule has 1 amide bonds. The fraction of sp³-hybridized carbons (Fsp3) is 0.176. The standard InChI is InChI=1S/C17H15N5O/c23-17(14-3-1-2-13(10-14)11-4-5-11)18-15-8-6-12(7-9-15)16-19-21-22-20-16/h1-3,6-11H,4-5H2,(H,18,23)(H,19,20,21,22). The van der Waals surface area contributed by atoms with Gasteiger partial charge in [-0.3, -0.25) is 4.79 Å². The van der Waals surface area contributed by atoms with Gasteiger partial charge in [0, 0.05) is 16.8 Å². The summed E-state index contributed by atoms with van der Waals surface area (Å²) in [7, 11) is 0. The lowest BCUT2D eigenvalue weighted by atomic mass is 10.1. The Hall–Kier alpha value is -3.02. The molecule has 1 aliphatic rings. The summed E-state index contributed by atoms with van der Waals surface area (Å²) < 4.78 is 0. The van der Waals surface area contributed by atoms with Gasteiger partial charge in [0.1, 0.15) is 0 Å². The molecule has 1 aliphatic carbocycles. The first-order valence-electron chi connectivity index (χ1n) is 7.55. The van der Waals surface area contributed by atoms with Crippen LogP contribution in [0.5, 0.6) is 0 Å². The molecular weight excluding hydrogens is 290 g/mol. The van der Waals surface area contributed by atoms with Crippen molar-refractivity contribution in [2.24, 2.45) is 0 Å². The van der Waals surface area contributed by atoms with Crippen LogP contribution in [0, 0.1) is 0 Å². The SMILES string of the molecule is O=C(Nc1ccc(-c2nn[nH]n2)cc1)c1cccc(C2CC2)c1. The van der Waals surface area contributed by atoms with E-state index in [1.165, 1.54) is 18.4 Å². The topological polar surface area (TPSA) is 83.6 Å².